The summed E-state index contributed by atoms with van der Waals surface area (Å²) in [6, 6.07) is 2.11. The van der Waals surface area contributed by atoms with Crippen molar-refractivity contribution in [3.63, 3.8) is 0 Å². The smallest absolute Gasteiger partial charge is 0.257 e. The first kappa shape index (κ1) is 9.40. The van der Waals surface area contributed by atoms with Gasteiger partial charge in [0.05, 0.1) is 4.88 Å². The van der Waals surface area contributed by atoms with E-state index in [0.29, 0.717) is 11.8 Å². The Bertz CT molecular complexity index is 445. The molecule has 0 N–H and O–H groups in total. The van der Waals surface area contributed by atoms with Crippen LogP contribution in [-0.2, 0) is 6.42 Å². The van der Waals surface area contributed by atoms with Crippen LogP contribution in [0.1, 0.15) is 23.3 Å². The summed E-state index contributed by atoms with van der Waals surface area (Å²) in [7, 11) is 0. The summed E-state index contributed by atoms with van der Waals surface area (Å²) in [5.41, 5.74) is 1.31. The predicted molar refractivity (Wildman–Crippen MR) is 56.5 cm³/mol. The maximum absolute atomic E-state index is 5.37. The van der Waals surface area contributed by atoms with E-state index >= 15 is 0 Å². The monoisotopic (exact) mass is 208 g/mol. The third kappa shape index (κ3) is 1.57. The average Bonchev–Trinajstić information content (AvgIpc) is 2.71. The maximum Gasteiger partial charge on any atom is 0.257 e. The maximum atomic E-state index is 5.37. The molecule has 2 aromatic rings. The lowest BCUT2D eigenvalue weighted by Gasteiger charge is -1.88. The molecule has 0 spiro atoms. The molecule has 0 aliphatic rings. The van der Waals surface area contributed by atoms with E-state index < -0.39 is 0 Å². The Morgan fingerprint density at radius 1 is 1.36 bits per heavy atom. The minimum atomic E-state index is 0.615. The van der Waals surface area contributed by atoms with Gasteiger partial charge >= 0.3 is 0 Å². The molecule has 0 saturated heterocycles. The molecule has 0 radical (unpaired) electrons. The van der Waals surface area contributed by atoms with Gasteiger partial charge < -0.3 is 4.42 Å². The molecule has 0 unspecified atom stereocenters. The van der Waals surface area contributed by atoms with Crippen molar-refractivity contribution >= 4 is 11.3 Å². The second kappa shape index (κ2) is 3.53. The Kier molecular flexibility index (Phi) is 2.37. The Labute approximate surface area is 86.8 Å². The van der Waals surface area contributed by atoms with Crippen LogP contribution in [0.15, 0.2) is 10.5 Å². The lowest BCUT2D eigenvalue weighted by Crippen LogP contribution is -1.72. The fourth-order valence-corrected chi connectivity index (χ4v) is 2.41. The van der Waals surface area contributed by atoms with Crippen molar-refractivity contribution in [2.75, 3.05) is 0 Å². The highest BCUT2D eigenvalue weighted by atomic mass is 32.1. The molecular weight excluding hydrogens is 196 g/mol. The molecule has 2 heterocycles. The quantitative estimate of drug-likeness (QED) is 0.761. The van der Waals surface area contributed by atoms with Crippen LogP contribution in [0.25, 0.3) is 10.8 Å². The van der Waals surface area contributed by atoms with Crippen molar-refractivity contribution in [2.45, 2.75) is 27.2 Å². The summed E-state index contributed by atoms with van der Waals surface area (Å²) in [4.78, 5) is 2.45. The van der Waals surface area contributed by atoms with Gasteiger partial charge in [-0.25, -0.2) is 0 Å². The van der Waals surface area contributed by atoms with Crippen molar-refractivity contribution in [3.8, 4) is 10.8 Å². The molecule has 2 aromatic heterocycles. The van der Waals surface area contributed by atoms with Gasteiger partial charge in [0.25, 0.3) is 5.89 Å². The first-order chi connectivity index (χ1) is 6.70. The molecule has 0 amide bonds. The van der Waals surface area contributed by atoms with Crippen LogP contribution in [0.4, 0.5) is 0 Å². The van der Waals surface area contributed by atoms with E-state index in [9.17, 15) is 0 Å². The van der Waals surface area contributed by atoms with E-state index in [2.05, 4.69) is 30.1 Å². The number of thiophene rings is 1. The fraction of sp³-hybridized carbons (Fsp3) is 0.400. The molecule has 74 valence electrons. The Hall–Kier alpha value is -1.16. The molecule has 14 heavy (non-hydrogen) atoms. The lowest BCUT2D eigenvalue weighted by atomic mass is 10.2. The van der Waals surface area contributed by atoms with Gasteiger partial charge in [-0.2, -0.15) is 0 Å². The van der Waals surface area contributed by atoms with E-state index in [4.69, 9.17) is 4.42 Å². The van der Waals surface area contributed by atoms with Gasteiger partial charge in [-0.15, -0.1) is 21.5 Å². The minimum Gasteiger partial charge on any atom is -0.420 e. The molecule has 0 saturated carbocycles. The van der Waals surface area contributed by atoms with Gasteiger partial charge in [-0.05, 0) is 25.0 Å². The first-order valence-electron chi connectivity index (χ1n) is 4.60. The zero-order valence-electron chi connectivity index (χ0n) is 8.50. The second-order valence-corrected chi connectivity index (χ2v) is 4.33. The van der Waals surface area contributed by atoms with Crippen LogP contribution < -0.4 is 0 Å². The highest BCUT2D eigenvalue weighted by Gasteiger charge is 2.10. The number of aromatic nitrogens is 2. The zero-order valence-corrected chi connectivity index (χ0v) is 9.31. The van der Waals surface area contributed by atoms with Gasteiger partial charge in [0, 0.05) is 11.8 Å². The van der Waals surface area contributed by atoms with Crippen LogP contribution in [0.2, 0.25) is 0 Å². The van der Waals surface area contributed by atoms with Crippen molar-refractivity contribution < 1.29 is 4.42 Å². The van der Waals surface area contributed by atoms with Gasteiger partial charge in [-0.1, -0.05) is 6.92 Å². The molecule has 0 aliphatic heterocycles. The molecule has 0 atom stereocenters. The SMILES string of the molecule is CCc1sc(-c2nnc(C)o2)cc1C. The van der Waals surface area contributed by atoms with Crippen LogP contribution in [-0.4, -0.2) is 10.2 Å². The molecule has 0 fully saturated rings. The van der Waals surface area contributed by atoms with Gasteiger partial charge in [-0.3, -0.25) is 0 Å². The Morgan fingerprint density at radius 3 is 2.64 bits per heavy atom. The van der Waals surface area contributed by atoms with Crippen LogP contribution in [0, 0.1) is 13.8 Å². The summed E-state index contributed by atoms with van der Waals surface area (Å²) in [5.74, 6) is 1.25. The number of nitrogens with zero attached hydrogens (tertiary/aromatic N) is 2. The van der Waals surface area contributed by atoms with Crippen molar-refractivity contribution in [2.24, 2.45) is 0 Å². The summed E-state index contributed by atoms with van der Waals surface area (Å²) < 4.78 is 5.37. The normalized spacial score (nSPS) is 10.8. The summed E-state index contributed by atoms with van der Waals surface area (Å²) >= 11 is 1.73. The van der Waals surface area contributed by atoms with Crippen molar-refractivity contribution in [1.82, 2.24) is 10.2 Å². The number of rotatable bonds is 2. The second-order valence-electron chi connectivity index (χ2n) is 3.20. The van der Waals surface area contributed by atoms with E-state index in [1.807, 2.05) is 0 Å². The highest BCUT2D eigenvalue weighted by molar-refractivity contribution is 7.15. The average molecular weight is 208 g/mol. The minimum absolute atomic E-state index is 0.615. The third-order valence-corrected chi connectivity index (χ3v) is 3.45. The Balaban J connectivity index is 2.42. The highest BCUT2D eigenvalue weighted by Crippen LogP contribution is 2.30. The van der Waals surface area contributed by atoms with E-state index in [0.717, 1.165) is 11.3 Å². The first-order valence-corrected chi connectivity index (χ1v) is 5.42. The van der Waals surface area contributed by atoms with Gasteiger partial charge in [0.2, 0.25) is 5.89 Å². The summed E-state index contributed by atoms with van der Waals surface area (Å²) in [5, 5.41) is 7.82. The Morgan fingerprint density at radius 2 is 2.14 bits per heavy atom. The standard InChI is InChI=1S/C10H12N2OS/c1-4-8-6(2)5-9(14-8)10-12-11-7(3)13-10/h5H,4H2,1-3H3. The molecule has 0 bridgehead atoms. The van der Waals surface area contributed by atoms with E-state index in [1.165, 1.54) is 10.4 Å². The lowest BCUT2D eigenvalue weighted by molar-refractivity contribution is 0.534. The van der Waals surface area contributed by atoms with Crippen LogP contribution in [0.5, 0.6) is 0 Å². The van der Waals surface area contributed by atoms with Crippen LogP contribution in [0.3, 0.4) is 0 Å². The summed E-state index contributed by atoms with van der Waals surface area (Å²) in [6.07, 6.45) is 1.06. The largest absolute Gasteiger partial charge is 0.420 e. The number of aryl methyl sites for hydroxylation is 3. The predicted octanol–water partition coefficient (Wildman–Crippen LogP) is 2.98. The number of hydrogen-bond acceptors (Lipinski definition) is 4. The zero-order chi connectivity index (χ0) is 10.1. The molecule has 0 aliphatic carbocycles. The van der Waals surface area contributed by atoms with E-state index in [-0.39, 0.29) is 0 Å². The van der Waals surface area contributed by atoms with Crippen molar-refractivity contribution in [3.05, 3.63) is 22.4 Å². The molecule has 0 aromatic carbocycles. The number of hydrogen-bond donors (Lipinski definition) is 0. The molecular formula is C10H12N2OS. The third-order valence-electron chi connectivity index (χ3n) is 2.08. The fourth-order valence-electron chi connectivity index (χ4n) is 1.37. The van der Waals surface area contributed by atoms with Gasteiger partial charge in [0.1, 0.15) is 0 Å². The topological polar surface area (TPSA) is 38.9 Å². The summed E-state index contributed by atoms with van der Waals surface area (Å²) in [6.45, 7) is 6.07. The van der Waals surface area contributed by atoms with Crippen molar-refractivity contribution in [1.29, 1.82) is 0 Å². The molecule has 3 nitrogen and oxygen atoms in total. The van der Waals surface area contributed by atoms with E-state index in [1.54, 1.807) is 18.3 Å². The molecule has 2 rings (SSSR count). The van der Waals surface area contributed by atoms with Gasteiger partial charge in [0.15, 0.2) is 0 Å². The molecule has 4 heteroatoms. The van der Waals surface area contributed by atoms with Crippen LogP contribution >= 0.6 is 11.3 Å².